The second-order valence-corrected chi connectivity index (χ2v) is 7.24. The molecule has 1 saturated heterocycles. The summed E-state index contributed by atoms with van der Waals surface area (Å²) in [6.07, 6.45) is 0. The highest BCUT2D eigenvalue weighted by Crippen LogP contribution is 2.45. The van der Waals surface area contributed by atoms with Crippen LogP contribution in [0.25, 0.3) is 0 Å². The van der Waals surface area contributed by atoms with Gasteiger partial charge < -0.3 is 14.7 Å². The van der Waals surface area contributed by atoms with Gasteiger partial charge in [0.1, 0.15) is 28.9 Å². The molecule has 1 fully saturated rings. The van der Waals surface area contributed by atoms with Crippen molar-refractivity contribution in [3.63, 3.8) is 0 Å². The number of Topliss-reactive ketones (excluding diaryl/α,β-unsaturated/α-hetero) is 1. The molecule has 0 aromatic heterocycles. The van der Waals surface area contributed by atoms with E-state index < -0.39 is 35.2 Å². The number of thiol groups is 1. The Morgan fingerprint density at radius 3 is 2.50 bits per heavy atom. The SMILES string of the molecule is CC(=O)Oc1ccccc1C1SC[C@@H](C(=O)O)N1C(=O)[C@@H](CS)C(C)=O. The highest BCUT2D eigenvalue weighted by Gasteiger charge is 2.45. The van der Waals surface area contributed by atoms with Crippen molar-refractivity contribution in [2.75, 3.05) is 11.5 Å². The molecule has 2 rings (SSSR count). The van der Waals surface area contributed by atoms with Crippen molar-refractivity contribution in [1.29, 1.82) is 0 Å². The lowest BCUT2D eigenvalue weighted by atomic mass is 10.0. The van der Waals surface area contributed by atoms with Gasteiger partial charge in [0.15, 0.2) is 0 Å². The predicted molar refractivity (Wildman–Crippen MR) is 99.2 cm³/mol. The summed E-state index contributed by atoms with van der Waals surface area (Å²) in [6, 6.07) is 5.55. The molecule has 3 atom stereocenters. The highest BCUT2D eigenvalue weighted by molar-refractivity contribution is 7.99. The van der Waals surface area contributed by atoms with Crippen molar-refractivity contribution in [1.82, 2.24) is 4.90 Å². The zero-order chi connectivity index (χ0) is 19.4. The van der Waals surface area contributed by atoms with Crippen molar-refractivity contribution >= 4 is 48.0 Å². The molecule has 1 heterocycles. The number of ether oxygens (including phenoxy) is 1. The van der Waals surface area contributed by atoms with E-state index >= 15 is 0 Å². The molecule has 1 N–H and O–H groups in total. The second kappa shape index (κ2) is 8.59. The molecule has 0 spiro atoms. The van der Waals surface area contributed by atoms with E-state index in [9.17, 15) is 24.3 Å². The number of para-hydroxylation sites is 1. The van der Waals surface area contributed by atoms with E-state index in [1.807, 2.05) is 0 Å². The second-order valence-electron chi connectivity index (χ2n) is 5.76. The van der Waals surface area contributed by atoms with Gasteiger partial charge in [-0.3, -0.25) is 14.4 Å². The van der Waals surface area contributed by atoms with E-state index in [0.717, 1.165) is 0 Å². The number of benzene rings is 1. The summed E-state index contributed by atoms with van der Waals surface area (Å²) < 4.78 is 5.20. The smallest absolute Gasteiger partial charge is 0.327 e. The highest BCUT2D eigenvalue weighted by atomic mass is 32.2. The average molecular weight is 397 g/mol. The van der Waals surface area contributed by atoms with Gasteiger partial charge in [-0.05, 0) is 13.0 Å². The van der Waals surface area contributed by atoms with Crippen molar-refractivity contribution in [2.45, 2.75) is 25.3 Å². The van der Waals surface area contributed by atoms with Crippen molar-refractivity contribution in [3.05, 3.63) is 29.8 Å². The van der Waals surface area contributed by atoms with E-state index in [1.165, 1.54) is 30.5 Å². The minimum absolute atomic E-state index is 0.0139. The summed E-state index contributed by atoms with van der Waals surface area (Å²) in [5.41, 5.74) is 0.506. The minimum atomic E-state index is -1.15. The van der Waals surface area contributed by atoms with Crippen LogP contribution in [0.3, 0.4) is 0 Å². The largest absolute Gasteiger partial charge is 0.480 e. The monoisotopic (exact) mass is 397 g/mol. The van der Waals surface area contributed by atoms with Gasteiger partial charge in [-0.1, -0.05) is 18.2 Å². The molecular formula is C17H19NO6S2. The van der Waals surface area contributed by atoms with Gasteiger partial charge in [-0.2, -0.15) is 12.6 Å². The molecule has 1 aromatic rings. The molecule has 1 aromatic carbocycles. The Morgan fingerprint density at radius 2 is 1.96 bits per heavy atom. The lowest BCUT2D eigenvalue weighted by Gasteiger charge is -2.30. The maximum Gasteiger partial charge on any atom is 0.327 e. The molecule has 1 aliphatic heterocycles. The predicted octanol–water partition coefficient (Wildman–Crippen LogP) is 1.77. The van der Waals surface area contributed by atoms with Crippen LogP contribution in [0.5, 0.6) is 5.75 Å². The van der Waals surface area contributed by atoms with Gasteiger partial charge in [0.25, 0.3) is 0 Å². The first-order valence-corrected chi connectivity index (χ1v) is 9.51. The Hall–Kier alpha value is -2.00. The fourth-order valence-corrected chi connectivity index (χ4v) is 4.56. The van der Waals surface area contributed by atoms with Gasteiger partial charge in [0.2, 0.25) is 5.91 Å². The van der Waals surface area contributed by atoms with Crippen LogP contribution in [0.2, 0.25) is 0 Å². The molecule has 0 radical (unpaired) electrons. The molecule has 1 amide bonds. The van der Waals surface area contributed by atoms with E-state index in [2.05, 4.69) is 12.6 Å². The van der Waals surface area contributed by atoms with Crippen LogP contribution in [0.4, 0.5) is 0 Å². The fraction of sp³-hybridized carbons (Fsp3) is 0.412. The van der Waals surface area contributed by atoms with Gasteiger partial charge >= 0.3 is 11.9 Å². The third-order valence-electron chi connectivity index (χ3n) is 3.95. The first-order valence-electron chi connectivity index (χ1n) is 7.83. The number of hydrogen-bond acceptors (Lipinski definition) is 7. The molecule has 0 bridgehead atoms. The van der Waals surface area contributed by atoms with E-state index in [1.54, 1.807) is 24.3 Å². The molecule has 9 heteroatoms. The van der Waals surface area contributed by atoms with Crippen LogP contribution >= 0.6 is 24.4 Å². The van der Waals surface area contributed by atoms with Crippen molar-refractivity contribution < 1.29 is 29.0 Å². The number of rotatable bonds is 6. The van der Waals surface area contributed by atoms with Crippen LogP contribution in [-0.4, -0.2) is 51.2 Å². The molecule has 1 aliphatic rings. The Kier molecular flexibility index (Phi) is 6.71. The zero-order valence-corrected chi connectivity index (χ0v) is 16.0. The number of esters is 1. The molecule has 26 heavy (non-hydrogen) atoms. The zero-order valence-electron chi connectivity index (χ0n) is 14.2. The molecule has 140 valence electrons. The lowest BCUT2D eigenvalue weighted by molar-refractivity contribution is -0.152. The summed E-state index contributed by atoms with van der Waals surface area (Å²) in [7, 11) is 0. The summed E-state index contributed by atoms with van der Waals surface area (Å²) in [5, 5.41) is 8.83. The quantitative estimate of drug-likeness (QED) is 0.326. The van der Waals surface area contributed by atoms with E-state index in [0.29, 0.717) is 5.56 Å². The fourth-order valence-electron chi connectivity index (χ4n) is 2.70. The van der Waals surface area contributed by atoms with Gasteiger partial charge in [-0.25, -0.2) is 4.79 Å². The van der Waals surface area contributed by atoms with Crippen LogP contribution in [-0.2, 0) is 19.2 Å². The molecule has 0 saturated carbocycles. The standard InChI is InChI=1S/C17H19NO6S2/c1-9(19)12(7-25)15(21)18-13(17(22)23)8-26-16(18)11-5-3-4-6-14(11)24-10(2)20/h3-6,12-13,16,25H,7-8H2,1-2H3,(H,22,23)/t12-,13-,16?/m0/s1. The maximum absolute atomic E-state index is 12.9. The summed E-state index contributed by atoms with van der Waals surface area (Å²) in [4.78, 5) is 48.9. The number of hydrogen-bond donors (Lipinski definition) is 2. The number of thioether (sulfide) groups is 1. The molecule has 0 aliphatic carbocycles. The molecule has 7 nitrogen and oxygen atoms in total. The number of amides is 1. The Labute approximate surface area is 160 Å². The third kappa shape index (κ3) is 4.21. The van der Waals surface area contributed by atoms with Crippen LogP contribution < -0.4 is 4.74 Å². The lowest BCUT2D eigenvalue weighted by Crippen LogP contribution is -2.47. The number of nitrogens with zero attached hydrogens (tertiary/aromatic N) is 1. The topological polar surface area (TPSA) is 101 Å². The van der Waals surface area contributed by atoms with Crippen molar-refractivity contribution in [2.24, 2.45) is 5.92 Å². The minimum Gasteiger partial charge on any atom is -0.480 e. The average Bonchev–Trinajstić information content (AvgIpc) is 3.00. The van der Waals surface area contributed by atoms with Crippen molar-refractivity contribution in [3.8, 4) is 5.75 Å². The third-order valence-corrected chi connectivity index (χ3v) is 5.62. The van der Waals surface area contributed by atoms with E-state index in [-0.39, 0.29) is 23.0 Å². The van der Waals surface area contributed by atoms with Gasteiger partial charge in [0.05, 0.1) is 0 Å². The number of ketones is 1. The number of carbonyl (C=O) groups excluding carboxylic acids is 3. The van der Waals surface area contributed by atoms with Gasteiger partial charge in [0, 0.05) is 24.0 Å². The Morgan fingerprint density at radius 1 is 1.31 bits per heavy atom. The number of carboxylic acids is 1. The van der Waals surface area contributed by atoms with Crippen LogP contribution in [0.15, 0.2) is 24.3 Å². The first kappa shape index (κ1) is 20.3. The summed E-state index contributed by atoms with van der Waals surface area (Å²) in [5.74, 6) is -3.26. The number of aliphatic carboxylic acids is 1. The number of carboxylic acid groups (broad SMARTS) is 1. The van der Waals surface area contributed by atoms with E-state index in [4.69, 9.17) is 4.74 Å². The van der Waals surface area contributed by atoms with Gasteiger partial charge in [-0.15, -0.1) is 11.8 Å². The number of carbonyl (C=O) groups is 4. The first-order chi connectivity index (χ1) is 12.3. The summed E-state index contributed by atoms with van der Waals surface area (Å²) in [6.45, 7) is 2.54. The Balaban J connectivity index is 2.47. The molecular weight excluding hydrogens is 378 g/mol. The maximum atomic E-state index is 12.9. The molecule has 1 unspecified atom stereocenters. The normalized spacial score (nSPS) is 20.5. The Bertz CT molecular complexity index is 738. The summed E-state index contributed by atoms with van der Waals surface area (Å²) >= 11 is 5.30. The van der Waals surface area contributed by atoms with Crippen LogP contribution in [0.1, 0.15) is 24.8 Å². The van der Waals surface area contributed by atoms with Crippen LogP contribution in [0, 0.1) is 5.92 Å².